The summed E-state index contributed by atoms with van der Waals surface area (Å²) in [6.07, 6.45) is -2.58. The minimum Gasteiger partial charge on any atom is -0.475 e. The van der Waals surface area contributed by atoms with Gasteiger partial charge in [-0.1, -0.05) is 62.4 Å². The van der Waals surface area contributed by atoms with E-state index in [2.05, 4.69) is 98.2 Å². The van der Waals surface area contributed by atoms with Crippen molar-refractivity contribution in [1.29, 1.82) is 0 Å². The highest BCUT2D eigenvalue weighted by molar-refractivity contribution is 5.86. The number of aromatic nitrogens is 1. The summed E-state index contributed by atoms with van der Waals surface area (Å²) in [4.78, 5) is 19.2. The van der Waals surface area contributed by atoms with E-state index in [4.69, 9.17) is 14.9 Å². The molecule has 0 amide bonds. The van der Waals surface area contributed by atoms with Crippen LogP contribution < -0.4 is 0 Å². The Kier molecular flexibility index (Phi) is 9.31. The fraction of sp³-hybridized carbons (Fsp3) is 0.448. The molecule has 1 aliphatic rings. The van der Waals surface area contributed by atoms with Gasteiger partial charge in [0.1, 0.15) is 0 Å². The van der Waals surface area contributed by atoms with E-state index in [1.54, 1.807) is 0 Å². The van der Waals surface area contributed by atoms with Crippen LogP contribution in [0.25, 0.3) is 22.2 Å². The van der Waals surface area contributed by atoms with Gasteiger partial charge in [0.25, 0.3) is 0 Å². The minimum absolute atomic E-state index is 0.0414. The first kappa shape index (κ1) is 28.6. The zero-order chi connectivity index (χ0) is 27.2. The van der Waals surface area contributed by atoms with Crippen LogP contribution in [0.2, 0.25) is 0 Å². The van der Waals surface area contributed by atoms with E-state index in [0.717, 1.165) is 43.4 Å². The van der Waals surface area contributed by atoms with Crippen LogP contribution in [0.4, 0.5) is 13.2 Å². The Balaban J connectivity index is 0.000000479. The molecule has 4 rings (SSSR count). The average molecular weight is 516 g/mol. The third-order valence-electron chi connectivity index (χ3n) is 7.27. The standard InChI is InChI=1S/C27H35N3.C2HF3O2/c1-5-29(6-2)22-16-18-30(19-17-22)27(3,4)24-20-26(21-12-8-7-9-13-21)28-25-15-11-10-14-23(24)25;3-2(4,5)1(6)7/h7-15,20,22H,5-6,16-19H2,1-4H3;(H,6,7). The molecule has 8 heteroatoms. The zero-order valence-corrected chi connectivity index (χ0v) is 21.9. The van der Waals surface area contributed by atoms with Crippen LogP contribution in [0, 0.1) is 0 Å². The minimum atomic E-state index is -5.08. The molecule has 5 nitrogen and oxygen atoms in total. The van der Waals surface area contributed by atoms with Crippen molar-refractivity contribution in [2.45, 2.75) is 58.3 Å². The van der Waals surface area contributed by atoms with Gasteiger partial charge in [0, 0.05) is 35.6 Å². The molecule has 1 fully saturated rings. The van der Waals surface area contributed by atoms with Crippen LogP contribution in [0.5, 0.6) is 0 Å². The van der Waals surface area contributed by atoms with Gasteiger partial charge in [0.15, 0.2) is 0 Å². The van der Waals surface area contributed by atoms with Crippen molar-refractivity contribution < 1.29 is 23.1 Å². The molecule has 1 N–H and O–H groups in total. The monoisotopic (exact) mass is 515 g/mol. The number of benzene rings is 2. The van der Waals surface area contributed by atoms with Gasteiger partial charge >= 0.3 is 12.1 Å². The van der Waals surface area contributed by atoms with Crippen molar-refractivity contribution in [1.82, 2.24) is 14.8 Å². The van der Waals surface area contributed by atoms with E-state index in [9.17, 15) is 13.2 Å². The summed E-state index contributed by atoms with van der Waals surface area (Å²) in [5.74, 6) is -2.76. The topological polar surface area (TPSA) is 56.7 Å². The molecule has 37 heavy (non-hydrogen) atoms. The fourth-order valence-corrected chi connectivity index (χ4v) is 5.14. The molecule has 0 radical (unpaired) electrons. The lowest BCUT2D eigenvalue weighted by atomic mass is 9.86. The van der Waals surface area contributed by atoms with Crippen LogP contribution in [-0.4, -0.2) is 64.3 Å². The largest absolute Gasteiger partial charge is 0.490 e. The lowest BCUT2D eigenvalue weighted by Crippen LogP contribution is -2.50. The second-order valence-corrected chi connectivity index (χ2v) is 9.74. The Bertz CT molecular complexity index is 1170. The molecule has 0 aliphatic carbocycles. The van der Waals surface area contributed by atoms with E-state index < -0.39 is 12.1 Å². The van der Waals surface area contributed by atoms with E-state index >= 15 is 0 Å². The van der Waals surface area contributed by atoms with Crippen molar-refractivity contribution in [3.63, 3.8) is 0 Å². The van der Waals surface area contributed by atoms with E-state index in [1.165, 1.54) is 29.4 Å². The summed E-state index contributed by atoms with van der Waals surface area (Å²) in [6.45, 7) is 13.9. The molecule has 1 aromatic heterocycles. The molecule has 0 unspecified atom stereocenters. The van der Waals surface area contributed by atoms with Gasteiger partial charge in [-0.2, -0.15) is 13.2 Å². The normalized spacial score (nSPS) is 15.5. The summed E-state index contributed by atoms with van der Waals surface area (Å²) in [5.41, 5.74) is 4.67. The third kappa shape index (κ3) is 6.87. The van der Waals surface area contributed by atoms with Crippen molar-refractivity contribution in [2.75, 3.05) is 26.2 Å². The number of likely N-dealkylation sites (tertiary alicyclic amines) is 1. The SMILES string of the molecule is CCN(CC)C1CCN(C(C)(C)c2cc(-c3ccccc3)nc3ccccc23)CC1.O=C(O)C(F)(F)F. The highest BCUT2D eigenvalue weighted by Crippen LogP contribution is 2.37. The Morgan fingerprint density at radius 2 is 1.54 bits per heavy atom. The lowest BCUT2D eigenvalue weighted by Gasteiger charge is -2.45. The number of alkyl halides is 3. The molecule has 2 aromatic carbocycles. The van der Waals surface area contributed by atoms with E-state index in [1.807, 2.05) is 0 Å². The number of halogens is 3. The number of carboxylic acids is 1. The van der Waals surface area contributed by atoms with Crippen LogP contribution >= 0.6 is 0 Å². The molecule has 0 spiro atoms. The maximum absolute atomic E-state index is 10.6. The molecular formula is C29H36F3N3O2. The predicted molar refractivity (Wildman–Crippen MR) is 141 cm³/mol. The fourth-order valence-electron chi connectivity index (χ4n) is 5.14. The van der Waals surface area contributed by atoms with Crippen LogP contribution in [0.1, 0.15) is 46.1 Å². The van der Waals surface area contributed by atoms with Gasteiger partial charge in [-0.15, -0.1) is 0 Å². The first-order chi connectivity index (χ1) is 17.5. The van der Waals surface area contributed by atoms with Crippen LogP contribution in [0.3, 0.4) is 0 Å². The lowest BCUT2D eigenvalue weighted by molar-refractivity contribution is -0.192. The van der Waals surface area contributed by atoms with Gasteiger partial charge in [-0.25, -0.2) is 9.78 Å². The summed E-state index contributed by atoms with van der Waals surface area (Å²) < 4.78 is 31.7. The number of hydrogen-bond acceptors (Lipinski definition) is 4. The molecule has 3 aromatic rings. The van der Waals surface area contributed by atoms with E-state index in [0.29, 0.717) is 0 Å². The Hall–Kier alpha value is -2.97. The Morgan fingerprint density at radius 1 is 1.00 bits per heavy atom. The number of carboxylic acid groups (broad SMARTS) is 1. The third-order valence-corrected chi connectivity index (χ3v) is 7.27. The summed E-state index contributed by atoms with van der Waals surface area (Å²) in [7, 11) is 0. The van der Waals surface area contributed by atoms with Gasteiger partial charge < -0.3 is 10.0 Å². The van der Waals surface area contributed by atoms with Gasteiger partial charge in [0.2, 0.25) is 0 Å². The van der Waals surface area contributed by atoms with Crippen molar-refractivity contribution >= 4 is 16.9 Å². The molecule has 1 saturated heterocycles. The smallest absolute Gasteiger partial charge is 0.475 e. The van der Waals surface area contributed by atoms with Crippen molar-refractivity contribution in [3.05, 3.63) is 66.2 Å². The highest BCUT2D eigenvalue weighted by Gasteiger charge is 2.38. The number of nitrogens with zero attached hydrogens (tertiary/aromatic N) is 3. The Morgan fingerprint density at radius 3 is 2.08 bits per heavy atom. The summed E-state index contributed by atoms with van der Waals surface area (Å²) in [6, 6.07) is 22.2. The predicted octanol–water partition coefficient (Wildman–Crippen LogP) is 6.58. The molecule has 0 bridgehead atoms. The molecule has 2 heterocycles. The average Bonchev–Trinajstić information content (AvgIpc) is 2.89. The number of rotatable bonds is 6. The van der Waals surface area contributed by atoms with Gasteiger partial charge in [-0.3, -0.25) is 4.90 Å². The number of pyridine rings is 1. The molecule has 200 valence electrons. The number of aliphatic carboxylic acids is 1. The van der Waals surface area contributed by atoms with Gasteiger partial charge in [-0.05, 0) is 57.5 Å². The number of carbonyl (C=O) groups is 1. The maximum Gasteiger partial charge on any atom is 0.490 e. The number of hydrogen-bond donors (Lipinski definition) is 1. The first-order valence-electron chi connectivity index (χ1n) is 12.7. The zero-order valence-electron chi connectivity index (χ0n) is 21.9. The van der Waals surface area contributed by atoms with E-state index in [-0.39, 0.29) is 5.54 Å². The second kappa shape index (κ2) is 12.0. The highest BCUT2D eigenvalue weighted by atomic mass is 19.4. The number of fused-ring (bicyclic) bond motifs is 1. The molecule has 0 atom stereocenters. The molecule has 1 aliphatic heterocycles. The molecular weight excluding hydrogens is 479 g/mol. The van der Waals surface area contributed by atoms with Crippen LogP contribution in [0.15, 0.2) is 60.7 Å². The van der Waals surface area contributed by atoms with Crippen molar-refractivity contribution in [2.24, 2.45) is 0 Å². The maximum atomic E-state index is 10.6. The first-order valence-corrected chi connectivity index (χ1v) is 12.7. The van der Waals surface area contributed by atoms with Gasteiger partial charge in [0.05, 0.1) is 11.2 Å². The second-order valence-electron chi connectivity index (χ2n) is 9.74. The summed E-state index contributed by atoms with van der Waals surface area (Å²) in [5, 5.41) is 8.40. The summed E-state index contributed by atoms with van der Waals surface area (Å²) >= 11 is 0. The quantitative estimate of drug-likeness (QED) is 0.402. The van der Waals surface area contributed by atoms with Crippen LogP contribution in [-0.2, 0) is 10.3 Å². The Labute approximate surface area is 216 Å². The van der Waals surface area contributed by atoms with Crippen molar-refractivity contribution in [3.8, 4) is 11.3 Å². The molecule has 0 saturated carbocycles. The number of piperidine rings is 1. The number of para-hydroxylation sites is 1.